The van der Waals surface area contributed by atoms with Crippen molar-refractivity contribution < 1.29 is 14.4 Å². The molecule has 2 N–H and O–H groups in total. The summed E-state index contributed by atoms with van der Waals surface area (Å²) in [5, 5.41) is 6.02. The number of anilines is 1. The molecule has 2 aromatic carbocycles. The normalized spacial score (nSPS) is 19.1. The Balaban J connectivity index is 1.73. The van der Waals surface area contributed by atoms with Crippen molar-refractivity contribution in [1.29, 1.82) is 0 Å². The predicted molar refractivity (Wildman–Crippen MR) is 118 cm³/mol. The molecule has 1 aliphatic heterocycles. The Morgan fingerprint density at radius 1 is 1.10 bits per heavy atom. The number of carbonyl (C=O) groups excluding carboxylic acids is 3. The van der Waals surface area contributed by atoms with E-state index in [1.54, 1.807) is 31.2 Å². The highest BCUT2D eigenvalue weighted by atomic mass is 35.5. The molecule has 8 heteroatoms. The van der Waals surface area contributed by atoms with Gasteiger partial charge in [0.2, 0.25) is 5.91 Å². The van der Waals surface area contributed by atoms with Crippen LogP contribution in [0, 0.1) is 0 Å². The van der Waals surface area contributed by atoms with E-state index in [1.807, 2.05) is 12.1 Å². The molecule has 1 atom stereocenters. The summed E-state index contributed by atoms with van der Waals surface area (Å²) in [4.78, 5) is 38.8. The van der Waals surface area contributed by atoms with Gasteiger partial charge in [0.05, 0.1) is 0 Å². The largest absolute Gasteiger partial charge is 0.325 e. The quantitative estimate of drug-likeness (QED) is 0.666. The molecule has 1 heterocycles. The minimum atomic E-state index is -1.38. The monoisotopic (exact) mass is 447 g/mol. The van der Waals surface area contributed by atoms with Crippen LogP contribution in [0.25, 0.3) is 0 Å². The highest BCUT2D eigenvalue weighted by Gasteiger charge is 2.50. The van der Waals surface area contributed by atoms with Gasteiger partial charge in [0.25, 0.3) is 5.91 Å². The zero-order valence-electron chi connectivity index (χ0n) is 17.2. The van der Waals surface area contributed by atoms with Gasteiger partial charge in [-0.05, 0) is 42.2 Å². The van der Waals surface area contributed by atoms with Gasteiger partial charge in [-0.25, -0.2) is 4.79 Å². The highest BCUT2D eigenvalue weighted by Crippen LogP contribution is 2.35. The number of amides is 4. The Hall–Kier alpha value is -2.57. The van der Waals surface area contributed by atoms with E-state index in [0.29, 0.717) is 16.3 Å². The lowest BCUT2D eigenvalue weighted by atomic mass is 9.87. The van der Waals surface area contributed by atoms with Gasteiger partial charge < -0.3 is 10.6 Å². The van der Waals surface area contributed by atoms with E-state index in [-0.39, 0.29) is 10.4 Å². The molecule has 0 radical (unpaired) electrons. The van der Waals surface area contributed by atoms with Crippen molar-refractivity contribution in [3.05, 3.63) is 63.6 Å². The lowest BCUT2D eigenvalue weighted by Crippen LogP contribution is -2.42. The van der Waals surface area contributed by atoms with Crippen molar-refractivity contribution in [2.24, 2.45) is 0 Å². The summed E-state index contributed by atoms with van der Waals surface area (Å²) in [6.07, 6.45) is 0. The molecule has 0 bridgehead atoms. The molecule has 2 aromatic rings. The van der Waals surface area contributed by atoms with Crippen LogP contribution in [0.5, 0.6) is 0 Å². The fraction of sp³-hybridized carbons (Fsp3) is 0.318. The molecule has 30 heavy (non-hydrogen) atoms. The van der Waals surface area contributed by atoms with Crippen molar-refractivity contribution in [1.82, 2.24) is 10.2 Å². The van der Waals surface area contributed by atoms with Gasteiger partial charge >= 0.3 is 6.03 Å². The van der Waals surface area contributed by atoms with Crippen molar-refractivity contribution >= 4 is 46.7 Å². The summed E-state index contributed by atoms with van der Waals surface area (Å²) >= 11 is 12.2. The molecule has 158 valence electrons. The van der Waals surface area contributed by atoms with E-state index in [4.69, 9.17) is 23.2 Å². The van der Waals surface area contributed by atoms with Gasteiger partial charge in [0.15, 0.2) is 0 Å². The molecule has 1 saturated heterocycles. The Morgan fingerprint density at radius 2 is 1.73 bits per heavy atom. The summed E-state index contributed by atoms with van der Waals surface area (Å²) in [5.74, 6) is -1.04. The third-order valence-electron chi connectivity index (χ3n) is 5.08. The fourth-order valence-corrected chi connectivity index (χ4v) is 3.91. The first-order valence-electron chi connectivity index (χ1n) is 9.42. The van der Waals surface area contributed by atoms with E-state index < -0.39 is 29.9 Å². The molecule has 1 fully saturated rings. The van der Waals surface area contributed by atoms with Gasteiger partial charge in [-0.2, -0.15) is 0 Å². The third kappa shape index (κ3) is 4.30. The number of rotatable bonds is 4. The van der Waals surface area contributed by atoms with Crippen molar-refractivity contribution in [3.63, 3.8) is 0 Å². The van der Waals surface area contributed by atoms with E-state index in [1.165, 1.54) is 6.07 Å². The molecule has 4 amide bonds. The van der Waals surface area contributed by atoms with Gasteiger partial charge in [-0.15, -0.1) is 0 Å². The molecule has 1 aliphatic rings. The Morgan fingerprint density at radius 3 is 2.30 bits per heavy atom. The van der Waals surface area contributed by atoms with Crippen molar-refractivity contribution in [2.45, 2.75) is 38.6 Å². The topological polar surface area (TPSA) is 78.5 Å². The van der Waals surface area contributed by atoms with E-state index in [0.717, 1.165) is 10.5 Å². The van der Waals surface area contributed by atoms with E-state index in [2.05, 4.69) is 31.4 Å². The standard InChI is InChI=1S/C22H23Cl2N3O3/c1-21(2,3)13-5-8-15(9-6-13)25-18(28)12-27-19(29)22(4,26-20(27)30)16-10-7-14(23)11-17(16)24/h5-11H,12H2,1-4H3,(H,25,28)(H,26,30)/t22-/m1/s1. The molecule has 0 unspecified atom stereocenters. The minimum Gasteiger partial charge on any atom is -0.325 e. The van der Waals surface area contributed by atoms with Gasteiger partial charge in [0, 0.05) is 21.3 Å². The summed E-state index contributed by atoms with van der Waals surface area (Å²) in [5.41, 5.74) is 0.741. The molecule has 6 nitrogen and oxygen atoms in total. The first kappa shape index (κ1) is 22.1. The van der Waals surface area contributed by atoms with Gasteiger partial charge in [-0.1, -0.05) is 62.2 Å². The summed E-state index contributed by atoms with van der Waals surface area (Å²) in [6.45, 7) is 7.43. The maximum absolute atomic E-state index is 13.0. The maximum Gasteiger partial charge on any atom is 0.325 e. The van der Waals surface area contributed by atoms with Crippen LogP contribution in [-0.2, 0) is 20.5 Å². The van der Waals surface area contributed by atoms with Crippen LogP contribution in [0.3, 0.4) is 0 Å². The second kappa shape index (κ2) is 7.93. The number of nitrogens with one attached hydrogen (secondary N) is 2. The zero-order chi connectivity index (χ0) is 22.3. The number of hydrogen-bond acceptors (Lipinski definition) is 3. The number of halogens is 2. The van der Waals surface area contributed by atoms with Crippen LogP contribution >= 0.6 is 23.2 Å². The van der Waals surface area contributed by atoms with E-state index >= 15 is 0 Å². The lowest BCUT2D eigenvalue weighted by Gasteiger charge is -2.23. The predicted octanol–water partition coefficient (Wildman–Crippen LogP) is 4.70. The molecule has 0 aliphatic carbocycles. The van der Waals surface area contributed by atoms with Gasteiger partial charge in [-0.3, -0.25) is 14.5 Å². The summed E-state index contributed by atoms with van der Waals surface area (Å²) < 4.78 is 0. The lowest BCUT2D eigenvalue weighted by molar-refractivity contribution is -0.133. The Kier molecular flexibility index (Phi) is 5.85. The Bertz CT molecular complexity index is 1020. The number of imide groups is 1. The summed E-state index contributed by atoms with van der Waals surface area (Å²) in [7, 11) is 0. The number of urea groups is 1. The van der Waals surface area contributed by atoms with Crippen molar-refractivity contribution in [2.75, 3.05) is 11.9 Å². The van der Waals surface area contributed by atoms with Crippen LogP contribution in [0.15, 0.2) is 42.5 Å². The highest BCUT2D eigenvalue weighted by molar-refractivity contribution is 6.35. The average Bonchev–Trinajstić information content (AvgIpc) is 2.85. The molecular weight excluding hydrogens is 425 g/mol. The summed E-state index contributed by atoms with van der Waals surface area (Å²) in [6, 6.07) is 11.5. The average molecular weight is 448 g/mol. The first-order chi connectivity index (χ1) is 13.9. The van der Waals surface area contributed by atoms with Crippen LogP contribution in [0.4, 0.5) is 10.5 Å². The Labute approximate surface area is 185 Å². The number of hydrogen-bond donors (Lipinski definition) is 2. The smallest absolute Gasteiger partial charge is 0.325 e. The van der Waals surface area contributed by atoms with Crippen LogP contribution < -0.4 is 10.6 Å². The number of benzene rings is 2. The minimum absolute atomic E-state index is 0.00397. The maximum atomic E-state index is 13.0. The SMILES string of the molecule is CC(C)(C)c1ccc(NC(=O)CN2C(=O)N[C@](C)(c3ccc(Cl)cc3Cl)C2=O)cc1. The zero-order valence-corrected chi connectivity index (χ0v) is 18.7. The number of nitrogens with zero attached hydrogens (tertiary/aromatic N) is 1. The molecule has 0 aromatic heterocycles. The van der Waals surface area contributed by atoms with Crippen LogP contribution in [-0.4, -0.2) is 29.3 Å². The fourth-order valence-electron chi connectivity index (χ4n) is 3.32. The van der Waals surface area contributed by atoms with Crippen LogP contribution in [0.1, 0.15) is 38.8 Å². The van der Waals surface area contributed by atoms with E-state index in [9.17, 15) is 14.4 Å². The first-order valence-corrected chi connectivity index (χ1v) is 10.2. The molecule has 0 saturated carbocycles. The third-order valence-corrected chi connectivity index (χ3v) is 5.63. The van der Waals surface area contributed by atoms with Crippen LogP contribution in [0.2, 0.25) is 10.0 Å². The second-order valence-electron chi connectivity index (χ2n) is 8.45. The molecular formula is C22H23Cl2N3O3. The number of carbonyl (C=O) groups is 3. The molecule has 0 spiro atoms. The van der Waals surface area contributed by atoms with Crippen molar-refractivity contribution in [3.8, 4) is 0 Å². The second-order valence-corrected chi connectivity index (χ2v) is 9.29. The van der Waals surface area contributed by atoms with Gasteiger partial charge in [0.1, 0.15) is 12.1 Å². The molecule has 3 rings (SSSR count).